The van der Waals surface area contributed by atoms with Crippen LogP contribution in [0, 0.1) is 6.92 Å². The van der Waals surface area contributed by atoms with Crippen LogP contribution in [0.4, 0.5) is 5.69 Å². The monoisotopic (exact) mass is 380 g/mol. The summed E-state index contributed by atoms with van der Waals surface area (Å²) in [6.45, 7) is 5.42. The molecule has 3 heterocycles. The van der Waals surface area contributed by atoms with Crippen LogP contribution in [0.15, 0.2) is 42.9 Å². The van der Waals surface area contributed by atoms with E-state index >= 15 is 0 Å². The molecular formula is C21H21ClN4O. The summed E-state index contributed by atoms with van der Waals surface area (Å²) < 4.78 is 2.14. The number of aryl methyl sites for hydroxylation is 2. The van der Waals surface area contributed by atoms with Gasteiger partial charge in [0.25, 0.3) is 5.91 Å². The first-order chi connectivity index (χ1) is 13.0. The molecule has 0 aliphatic carbocycles. The predicted octanol–water partition coefficient (Wildman–Crippen LogP) is 4.05. The van der Waals surface area contributed by atoms with Gasteiger partial charge in [0.05, 0.1) is 24.1 Å². The number of amides is 1. The Morgan fingerprint density at radius 2 is 2.07 bits per heavy atom. The summed E-state index contributed by atoms with van der Waals surface area (Å²) in [7, 11) is 0. The quantitative estimate of drug-likeness (QED) is 0.686. The van der Waals surface area contributed by atoms with Gasteiger partial charge >= 0.3 is 0 Å². The van der Waals surface area contributed by atoms with Gasteiger partial charge in [-0.2, -0.15) is 0 Å². The lowest BCUT2D eigenvalue weighted by molar-refractivity contribution is 0.0980. The number of rotatable bonds is 4. The Morgan fingerprint density at radius 1 is 1.22 bits per heavy atom. The molecule has 4 rings (SSSR count). The fraction of sp³-hybridized carbons (Fsp3) is 0.286. The van der Waals surface area contributed by atoms with Crippen LogP contribution >= 0.6 is 11.6 Å². The van der Waals surface area contributed by atoms with E-state index in [1.54, 1.807) is 17.2 Å². The number of anilines is 1. The molecule has 6 heteroatoms. The van der Waals surface area contributed by atoms with Crippen molar-refractivity contribution in [1.82, 2.24) is 14.5 Å². The number of fused-ring (bicyclic) bond motifs is 1. The first-order valence-electron chi connectivity index (χ1n) is 9.12. The largest absolute Gasteiger partial charge is 0.330 e. The van der Waals surface area contributed by atoms with Gasteiger partial charge in [0.2, 0.25) is 0 Å². The first kappa shape index (κ1) is 17.7. The van der Waals surface area contributed by atoms with E-state index < -0.39 is 0 Å². The van der Waals surface area contributed by atoms with Crippen molar-refractivity contribution in [3.8, 4) is 0 Å². The number of carbonyl (C=O) groups is 1. The molecule has 0 bridgehead atoms. The third kappa shape index (κ3) is 3.47. The van der Waals surface area contributed by atoms with Gasteiger partial charge in [-0.25, -0.2) is 4.98 Å². The normalized spacial score (nSPS) is 13.7. The van der Waals surface area contributed by atoms with Crippen molar-refractivity contribution in [2.24, 2.45) is 0 Å². The van der Waals surface area contributed by atoms with Gasteiger partial charge in [-0.15, -0.1) is 0 Å². The average Bonchev–Trinajstić information content (AvgIpc) is 3.01. The maximum atomic E-state index is 12.9. The highest BCUT2D eigenvalue weighted by molar-refractivity contribution is 6.30. The molecule has 3 aromatic rings. The zero-order chi connectivity index (χ0) is 19.0. The van der Waals surface area contributed by atoms with Gasteiger partial charge in [-0.3, -0.25) is 9.78 Å². The topological polar surface area (TPSA) is 51.0 Å². The van der Waals surface area contributed by atoms with Crippen LogP contribution in [0.1, 0.15) is 39.9 Å². The highest BCUT2D eigenvalue weighted by atomic mass is 35.5. The van der Waals surface area contributed by atoms with Crippen molar-refractivity contribution in [3.63, 3.8) is 0 Å². The van der Waals surface area contributed by atoms with Crippen molar-refractivity contribution in [2.45, 2.75) is 33.2 Å². The average molecular weight is 381 g/mol. The number of nitrogens with zero attached hydrogens (tertiary/aromatic N) is 4. The Morgan fingerprint density at radius 3 is 2.89 bits per heavy atom. The fourth-order valence-electron chi connectivity index (χ4n) is 3.62. The molecule has 1 aliphatic heterocycles. The van der Waals surface area contributed by atoms with E-state index in [0.29, 0.717) is 18.1 Å². The Hall–Kier alpha value is -2.66. The number of pyridine rings is 1. The van der Waals surface area contributed by atoms with Crippen molar-refractivity contribution in [3.05, 3.63) is 76.1 Å². The van der Waals surface area contributed by atoms with E-state index in [4.69, 9.17) is 11.6 Å². The highest BCUT2D eigenvalue weighted by Gasteiger charge is 2.26. The van der Waals surface area contributed by atoms with Crippen LogP contribution in [-0.4, -0.2) is 27.0 Å². The molecule has 0 spiro atoms. The molecule has 1 aliphatic rings. The molecule has 0 radical (unpaired) electrons. The molecule has 1 amide bonds. The molecule has 0 N–H and O–H groups in total. The van der Waals surface area contributed by atoms with Gasteiger partial charge in [-0.1, -0.05) is 18.5 Å². The van der Waals surface area contributed by atoms with Gasteiger partial charge in [0.1, 0.15) is 5.82 Å². The number of hydrogen-bond donors (Lipinski definition) is 0. The lowest BCUT2D eigenvalue weighted by atomic mass is 9.98. The Kier molecular flexibility index (Phi) is 4.70. The fourth-order valence-corrected chi connectivity index (χ4v) is 3.82. The summed E-state index contributed by atoms with van der Waals surface area (Å²) in [5, 5.41) is 0.668. The minimum atomic E-state index is -0.000380. The standard InChI is InChI=1S/C21H21ClN4O/c1-3-20-24-14(2)12-25(20)13-15-8-18(11-23-10-15)26-7-6-16-9-17(22)4-5-19(16)21(26)27/h4-5,8-12H,3,6-7,13H2,1-2H3. The number of carbonyl (C=O) groups excluding carboxylic acids is 1. The summed E-state index contributed by atoms with van der Waals surface area (Å²) in [4.78, 5) is 23.7. The number of imidazole rings is 1. The van der Waals surface area contributed by atoms with Crippen molar-refractivity contribution < 1.29 is 4.79 Å². The molecule has 5 nitrogen and oxygen atoms in total. The third-order valence-corrected chi connectivity index (χ3v) is 5.12. The molecule has 0 atom stereocenters. The van der Waals surface area contributed by atoms with Gasteiger partial charge in [0.15, 0.2) is 0 Å². The van der Waals surface area contributed by atoms with Crippen LogP contribution in [0.3, 0.4) is 0 Å². The number of aromatic nitrogens is 3. The van der Waals surface area contributed by atoms with Crippen LogP contribution < -0.4 is 4.90 Å². The van der Waals surface area contributed by atoms with Crippen LogP contribution in [0.2, 0.25) is 5.02 Å². The van der Waals surface area contributed by atoms with E-state index in [-0.39, 0.29) is 5.91 Å². The second-order valence-electron chi connectivity index (χ2n) is 6.84. The van der Waals surface area contributed by atoms with Crippen molar-refractivity contribution in [1.29, 1.82) is 0 Å². The lowest BCUT2D eigenvalue weighted by Crippen LogP contribution is -2.37. The highest BCUT2D eigenvalue weighted by Crippen LogP contribution is 2.27. The van der Waals surface area contributed by atoms with Gasteiger partial charge < -0.3 is 9.47 Å². The molecule has 0 fully saturated rings. The zero-order valence-electron chi connectivity index (χ0n) is 15.4. The summed E-state index contributed by atoms with van der Waals surface area (Å²) in [5.74, 6) is 1.05. The molecule has 2 aromatic heterocycles. The van der Waals surface area contributed by atoms with E-state index in [0.717, 1.165) is 46.7 Å². The maximum Gasteiger partial charge on any atom is 0.258 e. The number of hydrogen-bond acceptors (Lipinski definition) is 3. The Labute approximate surface area is 163 Å². The molecule has 27 heavy (non-hydrogen) atoms. The van der Waals surface area contributed by atoms with E-state index in [9.17, 15) is 4.79 Å². The summed E-state index contributed by atoms with van der Waals surface area (Å²) in [5.41, 5.74) is 4.61. The van der Waals surface area contributed by atoms with Gasteiger partial charge in [-0.05, 0) is 48.7 Å². The van der Waals surface area contributed by atoms with E-state index in [1.807, 2.05) is 31.3 Å². The Bertz CT molecular complexity index is 1010. The van der Waals surface area contributed by atoms with Crippen LogP contribution in [-0.2, 0) is 19.4 Å². The molecular weight excluding hydrogens is 360 g/mol. The zero-order valence-corrected chi connectivity index (χ0v) is 16.2. The first-order valence-corrected chi connectivity index (χ1v) is 9.50. The second-order valence-corrected chi connectivity index (χ2v) is 7.28. The molecule has 0 unspecified atom stereocenters. The summed E-state index contributed by atoms with van der Waals surface area (Å²) >= 11 is 6.06. The third-order valence-electron chi connectivity index (χ3n) is 4.89. The molecule has 138 valence electrons. The number of benzene rings is 1. The second kappa shape index (κ2) is 7.16. The lowest BCUT2D eigenvalue weighted by Gasteiger charge is -2.28. The molecule has 0 saturated carbocycles. The van der Waals surface area contributed by atoms with Crippen LogP contribution in [0.5, 0.6) is 0 Å². The molecule has 0 saturated heterocycles. The van der Waals surface area contributed by atoms with Crippen molar-refractivity contribution in [2.75, 3.05) is 11.4 Å². The predicted molar refractivity (Wildman–Crippen MR) is 107 cm³/mol. The van der Waals surface area contributed by atoms with Crippen LogP contribution in [0.25, 0.3) is 0 Å². The minimum absolute atomic E-state index is 0.000380. The summed E-state index contributed by atoms with van der Waals surface area (Å²) in [6.07, 6.45) is 7.32. The van der Waals surface area contributed by atoms with E-state index in [1.165, 1.54) is 0 Å². The van der Waals surface area contributed by atoms with Gasteiger partial charge in [0, 0.05) is 35.9 Å². The maximum absolute atomic E-state index is 12.9. The summed E-state index contributed by atoms with van der Waals surface area (Å²) in [6, 6.07) is 7.50. The Balaban J connectivity index is 1.61. The number of halogens is 1. The van der Waals surface area contributed by atoms with Crippen molar-refractivity contribution >= 4 is 23.2 Å². The SMILES string of the molecule is CCc1nc(C)cn1Cc1cncc(N2CCc3cc(Cl)ccc3C2=O)c1. The smallest absolute Gasteiger partial charge is 0.258 e. The minimum Gasteiger partial charge on any atom is -0.330 e. The molecule has 1 aromatic carbocycles. The van der Waals surface area contributed by atoms with E-state index in [2.05, 4.69) is 27.7 Å².